The highest BCUT2D eigenvalue weighted by atomic mass is 16.4. The molecule has 0 aliphatic carbocycles. The molecule has 2 amide bonds. The number of rotatable bonds is 4. The van der Waals surface area contributed by atoms with E-state index in [0.29, 0.717) is 19.6 Å². The Kier molecular flexibility index (Phi) is 5.77. The van der Waals surface area contributed by atoms with Crippen molar-refractivity contribution in [1.29, 1.82) is 0 Å². The van der Waals surface area contributed by atoms with Crippen molar-refractivity contribution in [2.24, 2.45) is 0 Å². The summed E-state index contributed by atoms with van der Waals surface area (Å²) in [6.07, 6.45) is 0.160. The number of nitrogens with one attached hydrogen (secondary N) is 1. The SMILES string of the molecule is CN1CCN(NC(=O)N2CCN(CCC(=O)O)CC2)CC1. The summed E-state index contributed by atoms with van der Waals surface area (Å²) in [7, 11) is 2.08. The Morgan fingerprint density at radius 1 is 1.00 bits per heavy atom. The predicted octanol–water partition coefficient (Wildman–Crippen LogP) is -1.05. The molecule has 0 atom stereocenters. The largest absolute Gasteiger partial charge is 0.481 e. The van der Waals surface area contributed by atoms with Gasteiger partial charge in [0.2, 0.25) is 0 Å². The molecule has 0 bridgehead atoms. The minimum atomic E-state index is -0.773. The van der Waals surface area contributed by atoms with E-state index in [2.05, 4.69) is 22.3 Å². The normalized spacial score (nSPS) is 22.2. The Morgan fingerprint density at radius 2 is 1.62 bits per heavy atom. The minimum absolute atomic E-state index is 0.0440. The molecule has 2 fully saturated rings. The fourth-order valence-corrected chi connectivity index (χ4v) is 2.55. The number of hydrogen-bond acceptors (Lipinski definition) is 5. The standard InChI is InChI=1S/C13H25N5O3/c1-15-4-10-18(11-5-15)14-13(21)17-8-6-16(7-9-17)3-2-12(19)20/h2-11H2,1H3,(H,14,21)(H,19,20). The van der Waals surface area contributed by atoms with Crippen LogP contribution < -0.4 is 5.43 Å². The molecule has 0 spiro atoms. The second kappa shape index (κ2) is 7.58. The molecule has 0 saturated carbocycles. The van der Waals surface area contributed by atoms with Gasteiger partial charge in [-0.15, -0.1) is 0 Å². The molecule has 2 rings (SSSR count). The number of hydrogen-bond donors (Lipinski definition) is 2. The van der Waals surface area contributed by atoms with Crippen LogP contribution in [-0.2, 0) is 4.79 Å². The van der Waals surface area contributed by atoms with E-state index in [4.69, 9.17) is 5.11 Å². The summed E-state index contributed by atoms with van der Waals surface area (Å²) in [4.78, 5) is 28.8. The van der Waals surface area contributed by atoms with Gasteiger partial charge in [-0.2, -0.15) is 0 Å². The summed E-state index contributed by atoms with van der Waals surface area (Å²) in [5, 5.41) is 10.6. The second-order valence-corrected chi connectivity index (χ2v) is 5.68. The monoisotopic (exact) mass is 299 g/mol. The number of urea groups is 1. The lowest BCUT2D eigenvalue weighted by Crippen LogP contribution is -2.58. The number of carboxylic acid groups (broad SMARTS) is 1. The summed E-state index contributed by atoms with van der Waals surface area (Å²) in [6.45, 7) is 6.96. The third kappa shape index (κ3) is 5.14. The van der Waals surface area contributed by atoms with Crippen molar-refractivity contribution in [3.63, 3.8) is 0 Å². The average Bonchev–Trinajstić information content (AvgIpc) is 2.48. The molecule has 0 unspecified atom stereocenters. The number of carboxylic acids is 1. The van der Waals surface area contributed by atoms with Crippen molar-refractivity contribution in [2.75, 3.05) is 66.0 Å². The van der Waals surface area contributed by atoms with E-state index in [9.17, 15) is 9.59 Å². The highest BCUT2D eigenvalue weighted by Gasteiger charge is 2.23. The van der Waals surface area contributed by atoms with Gasteiger partial charge in [-0.3, -0.25) is 15.1 Å². The van der Waals surface area contributed by atoms with Gasteiger partial charge < -0.3 is 14.9 Å². The highest BCUT2D eigenvalue weighted by molar-refractivity contribution is 5.73. The first-order valence-electron chi connectivity index (χ1n) is 7.48. The van der Waals surface area contributed by atoms with Gasteiger partial charge in [0.25, 0.3) is 0 Å². The fraction of sp³-hybridized carbons (Fsp3) is 0.846. The van der Waals surface area contributed by atoms with E-state index in [-0.39, 0.29) is 12.5 Å². The van der Waals surface area contributed by atoms with Crippen LogP contribution in [0.15, 0.2) is 0 Å². The predicted molar refractivity (Wildman–Crippen MR) is 77.9 cm³/mol. The van der Waals surface area contributed by atoms with Crippen molar-refractivity contribution in [3.05, 3.63) is 0 Å². The van der Waals surface area contributed by atoms with E-state index >= 15 is 0 Å². The number of hydrazine groups is 1. The zero-order chi connectivity index (χ0) is 15.2. The van der Waals surface area contributed by atoms with Crippen molar-refractivity contribution in [1.82, 2.24) is 25.1 Å². The van der Waals surface area contributed by atoms with Crippen LogP contribution in [0.4, 0.5) is 4.79 Å². The molecule has 8 heteroatoms. The smallest absolute Gasteiger partial charge is 0.332 e. The molecule has 120 valence electrons. The van der Waals surface area contributed by atoms with Crippen LogP contribution in [0.2, 0.25) is 0 Å². The van der Waals surface area contributed by atoms with Crippen LogP contribution in [0.1, 0.15) is 6.42 Å². The maximum Gasteiger partial charge on any atom is 0.332 e. The third-order valence-electron chi connectivity index (χ3n) is 4.06. The first-order chi connectivity index (χ1) is 10.0. The summed E-state index contributed by atoms with van der Waals surface area (Å²) < 4.78 is 0. The van der Waals surface area contributed by atoms with Crippen molar-refractivity contribution in [3.8, 4) is 0 Å². The number of piperazine rings is 2. The van der Waals surface area contributed by atoms with Crippen LogP contribution in [0.25, 0.3) is 0 Å². The summed E-state index contributed by atoms with van der Waals surface area (Å²) in [5.74, 6) is -0.773. The van der Waals surface area contributed by atoms with Crippen LogP contribution in [0.3, 0.4) is 0 Å². The molecule has 21 heavy (non-hydrogen) atoms. The lowest BCUT2D eigenvalue weighted by molar-refractivity contribution is -0.137. The number of aliphatic carboxylic acids is 1. The number of amides is 2. The first kappa shape index (κ1) is 16.0. The van der Waals surface area contributed by atoms with Crippen molar-refractivity contribution < 1.29 is 14.7 Å². The van der Waals surface area contributed by atoms with Crippen LogP contribution in [-0.4, -0.2) is 103 Å². The minimum Gasteiger partial charge on any atom is -0.481 e. The Balaban J connectivity index is 1.67. The second-order valence-electron chi connectivity index (χ2n) is 5.68. The van der Waals surface area contributed by atoms with Gasteiger partial charge in [0, 0.05) is 58.9 Å². The lowest BCUT2D eigenvalue weighted by Gasteiger charge is -2.37. The van der Waals surface area contributed by atoms with Gasteiger partial charge in [-0.1, -0.05) is 0 Å². The Morgan fingerprint density at radius 3 is 2.19 bits per heavy atom. The molecule has 2 N–H and O–H groups in total. The molecule has 0 aromatic heterocycles. The van der Waals surface area contributed by atoms with E-state index in [0.717, 1.165) is 39.3 Å². The Hall–Kier alpha value is -1.38. The van der Waals surface area contributed by atoms with Gasteiger partial charge in [0.1, 0.15) is 0 Å². The van der Waals surface area contributed by atoms with E-state index in [1.807, 2.05) is 5.01 Å². The van der Waals surface area contributed by atoms with Gasteiger partial charge in [0.05, 0.1) is 6.42 Å². The van der Waals surface area contributed by atoms with E-state index in [1.54, 1.807) is 4.90 Å². The van der Waals surface area contributed by atoms with E-state index in [1.165, 1.54) is 0 Å². The number of likely N-dealkylation sites (N-methyl/N-ethyl adjacent to an activating group) is 1. The van der Waals surface area contributed by atoms with Gasteiger partial charge in [-0.05, 0) is 7.05 Å². The zero-order valence-corrected chi connectivity index (χ0v) is 12.6. The van der Waals surface area contributed by atoms with Crippen LogP contribution >= 0.6 is 0 Å². The molecule has 0 aromatic carbocycles. The molecular formula is C13H25N5O3. The molecule has 0 aromatic rings. The summed E-state index contributed by atoms with van der Waals surface area (Å²) >= 11 is 0. The zero-order valence-electron chi connectivity index (χ0n) is 12.6. The molecule has 2 saturated heterocycles. The number of carbonyl (C=O) groups is 2. The fourth-order valence-electron chi connectivity index (χ4n) is 2.55. The maximum atomic E-state index is 12.2. The van der Waals surface area contributed by atoms with Crippen molar-refractivity contribution >= 4 is 12.0 Å². The molecule has 0 radical (unpaired) electrons. The van der Waals surface area contributed by atoms with Gasteiger partial charge >= 0.3 is 12.0 Å². The van der Waals surface area contributed by atoms with Crippen LogP contribution in [0.5, 0.6) is 0 Å². The van der Waals surface area contributed by atoms with Gasteiger partial charge in [0.15, 0.2) is 0 Å². The molecule has 2 heterocycles. The molecule has 8 nitrogen and oxygen atoms in total. The quantitative estimate of drug-likeness (QED) is 0.690. The maximum absolute atomic E-state index is 12.2. The number of nitrogens with zero attached hydrogens (tertiary/aromatic N) is 4. The summed E-state index contributed by atoms with van der Waals surface area (Å²) in [5.41, 5.74) is 2.96. The highest BCUT2D eigenvalue weighted by Crippen LogP contribution is 2.04. The van der Waals surface area contributed by atoms with Crippen LogP contribution in [0, 0.1) is 0 Å². The molecular weight excluding hydrogens is 274 g/mol. The Bertz CT molecular complexity index is 363. The first-order valence-corrected chi connectivity index (χ1v) is 7.48. The van der Waals surface area contributed by atoms with Gasteiger partial charge in [-0.25, -0.2) is 9.80 Å². The number of carbonyl (C=O) groups excluding carboxylic acids is 1. The summed E-state index contributed by atoms with van der Waals surface area (Å²) in [6, 6.07) is -0.0440. The third-order valence-corrected chi connectivity index (χ3v) is 4.06. The Labute approximate surface area is 125 Å². The van der Waals surface area contributed by atoms with Crippen molar-refractivity contribution in [2.45, 2.75) is 6.42 Å². The molecule has 2 aliphatic heterocycles. The topological polar surface area (TPSA) is 79.4 Å². The average molecular weight is 299 g/mol. The lowest BCUT2D eigenvalue weighted by atomic mass is 10.3. The molecule has 2 aliphatic rings. The van der Waals surface area contributed by atoms with E-state index < -0.39 is 5.97 Å².